The van der Waals surface area contributed by atoms with Crippen molar-refractivity contribution in [2.24, 2.45) is 0 Å². The highest BCUT2D eigenvalue weighted by Gasteiger charge is 2.10. The molecule has 2 aromatic rings. The molecule has 0 fully saturated rings. The first-order valence-corrected chi connectivity index (χ1v) is 5.45. The van der Waals surface area contributed by atoms with Gasteiger partial charge in [-0.2, -0.15) is 0 Å². The summed E-state index contributed by atoms with van der Waals surface area (Å²) in [6.07, 6.45) is 0. The van der Waals surface area contributed by atoms with Crippen molar-refractivity contribution in [3.8, 4) is 17.2 Å². The molecule has 0 radical (unpaired) electrons. The van der Waals surface area contributed by atoms with Gasteiger partial charge in [0.25, 0.3) is 0 Å². The largest absolute Gasteiger partial charge is 0.493 e. The SMILES string of the molecule is COc1ccccc1Oc1c(N)cccc1Cl. The number of para-hydroxylation sites is 3. The minimum atomic E-state index is 0.443. The third-order valence-corrected chi connectivity index (χ3v) is 2.58. The Morgan fingerprint density at radius 2 is 1.71 bits per heavy atom. The van der Waals surface area contributed by atoms with Gasteiger partial charge in [-0.05, 0) is 24.3 Å². The van der Waals surface area contributed by atoms with Crippen LogP contribution in [0.25, 0.3) is 0 Å². The lowest BCUT2D eigenvalue weighted by molar-refractivity contribution is 0.379. The maximum absolute atomic E-state index is 6.03. The van der Waals surface area contributed by atoms with Gasteiger partial charge in [0.15, 0.2) is 17.2 Å². The number of hydrogen-bond acceptors (Lipinski definition) is 3. The molecule has 17 heavy (non-hydrogen) atoms. The molecule has 0 aliphatic rings. The Kier molecular flexibility index (Phi) is 3.40. The van der Waals surface area contributed by atoms with Gasteiger partial charge < -0.3 is 15.2 Å². The number of nitrogens with two attached hydrogens (primary N) is 1. The second kappa shape index (κ2) is 4.97. The normalized spacial score (nSPS) is 10.0. The van der Waals surface area contributed by atoms with E-state index in [4.69, 9.17) is 26.8 Å². The molecule has 0 saturated carbocycles. The predicted molar refractivity (Wildman–Crippen MR) is 68.9 cm³/mol. The summed E-state index contributed by atoms with van der Waals surface area (Å²) in [5.74, 6) is 1.65. The van der Waals surface area contributed by atoms with Crippen LogP contribution in [0.2, 0.25) is 5.02 Å². The molecular formula is C13H12ClNO2. The number of anilines is 1. The van der Waals surface area contributed by atoms with Crippen LogP contribution in [-0.2, 0) is 0 Å². The van der Waals surface area contributed by atoms with Crippen LogP contribution in [0.5, 0.6) is 17.2 Å². The van der Waals surface area contributed by atoms with Gasteiger partial charge in [-0.25, -0.2) is 0 Å². The van der Waals surface area contributed by atoms with Crippen molar-refractivity contribution < 1.29 is 9.47 Å². The number of rotatable bonds is 3. The molecule has 3 nitrogen and oxygen atoms in total. The first kappa shape index (κ1) is 11.6. The average Bonchev–Trinajstić information content (AvgIpc) is 2.34. The molecule has 4 heteroatoms. The van der Waals surface area contributed by atoms with Crippen molar-refractivity contribution >= 4 is 17.3 Å². The summed E-state index contributed by atoms with van der Waals surface area (Å²) in [4.78, 5) is 0. The van der Waals surface area contributed by atoms with Crippen LogP contribution >= 0.6 is 11.6 Å². The summed E-state index contributed by atoms with van der Waals surface area (Å²) in [6.45, 7) is 0. The summed E-state index contributed by atoms with van der Waals surface area (Å²) in [5, 5.41) is 0.468. The van der Waals surface area contributed by atoms with Crippen LogP contribution in [-0.4, -0.2) is 7.11 Å². The van der Waals surface area contributed by atoms with Crippen LogP contribution in [0.1, 0.15) is 0 Å². The lowest BCUT2D eigenvalue weighted by Crippen LogP contribution is -1.94. The van der Waals surface area contributed by atoms with Crippen molar-refractivity contribution in [2.75, 3.05) is 12.8 Å². The maximum Gasteiger partial charge on any atom is 0.169 e. The molecule has 0 amide bonds. The van der Waals surface area contributed by atoms with Crippen molar-refractivity contribution in [1.29, 1.82) is 0 Å². The van der Waals surface area contributed by atoms with Crippen molar-refractivity contribution in [1.82, 2.24) is 0 Å². The number of benzene rings is 2. The van der Waals surface area contributed by atoms with Gasteiger partial charge in [0, 0.05) is 0 Å². The van der Waals surface area contributed by atoms with Crippen molar-refractivity contribution in [2.45, 2.75) is 0 Å². The quantitative estimate of drug-likeness (QED) is 0.843. The van der Waals surface area contributed by atoms with E-state index in [9.17, 15) is 0 Å². The first-order valence-electron chi connectivity index (χ1n) is 5.07. The van der Waals surface area contributed by atoms with Crippen molar-refractivity contribution in [3.63, 3.8) is 0 Å². The molecule has 2 aromatic carbocycles. The van der Waals surface area contributed by atoms with Gasteiger partial charge >= 0.3 is 0 Å². The molecule has 0 aliphatic carbocycles. The maximum atomic E-state index is 6.03. The number of halogens is 1. The van der Waals surface area contributed by atoms with Gasteiger partial charge in [0.1, 0.15) is 0 Å². The van der Waals surface area contributed by atoms with Gasteiger partial charge in [-0.3, -0.25) is 0 Å². The summed E-state index contributed by atoms with van der Waals surface area (Å²) >= 11 is 6.03. The Balaban J connectivity index is 2.38. The zero-order chi connectivity index (χ0) is 12.3. The summed E-state index contributed by atoms with van der Waals surface area (Å²) in [5.41, 5.74) is 6.30. The number of ether oxygens (including phenoxy) is 2. The van der Waals surface area contributed by atoms with E-state index in [0.717, 1.165) is 0 Å². The van der Waals surface area contributed by atoms with E-state index < -0.39 is 0 Å². The molecule has 0 atom stereocenters. The van der Waals surface area contributed by atoms with Crippen LogP contribution in [0, 0.1) is 0 Å². The van der Waals surface area contributed by atoms with Crippen LogP contribution in [0.15, 0.2) is 42.5 Å². The van der Waals surface area contributed by atoms with Crippen LogP contribution in [0.4, 0.5) is 5.69 Å². The second-order valence-electron chi connectivity index (χ2n) is 3.41. The standard InChI is InChI=1S/C13H12ClNO2/c1-16-11-7-2-3-8-12(11)17-13-9(14)5-4-6-10(13)15/h2-8H,15H2,1H3. The minimum absolute atomic E-state index is 0.443. The molecule has 2 N–H and O–H groups in total. The highest BCUT2D eigenvalue weighted by atomic mass is 35.5. The molecular weight excluding hydrogens is 238 g/mol. The predicted octanol–water partition coefficient (Wildman–Crippen LogP) is 3.72. The van der Waals surface area contributed by atoms with E-state index in [1.807, 2.05) is 18.2 Å². The minimum Gasteiger partial charge on any atom is -0.493 e. The van der Waals surface area contributed by atoms with Gasteiger partial charge in [-0.1, -0.05) is 29.8 Å². The van der Waals surface area contributed by atoms with E-state index in [0.29, 0.717) is 28.0 Å². The topological polar surface area (TPSA) is 44.5 Å². The Hall–Kier alpha value is -1.87. The second-order valence-corrected chi connectivity index (χ2v) is 3.82. The molecule has 0 saturated heterocycles. The highest BCUT2D eigenvalue weighted by molar-refractivity contribution is 6.32. The Morgan fingerprint density at radius 1 is 1.00 bits per heavy atom. The van der Waals surface area contributed by atoms with Gasteiger partial charge in [0.05, 0.1) is 17.8 Å². The molecule has 0 bridgehead atoms. The van der Waals surface area contributed by atoms with Crippen LogP contribution in [0.3, 0.4) is 0 Å². The van der Waals surface area contributed by atoms with Crippen LogP contribution < -0.4 is 15.2 Å². The smallest absolute Gasteiger partial charge is 0.169 e. The third kappa shape index (κ3) is 2.45. The molecule has 0 spiro atoms. The van der Waals surface area contributed by atoms with E-state index in [-0.39, 0.29) is 0 Å². The van der Waals surface area contributed by atoms with E-state index in [1.165, 1.54) is 0 Å². The molecule has 0 unspecified atom stereocenters. The lowest BCUT2D eigenvalue weighted by atomic mass is 10.3. The number of nitrogen functional groups attached to an aromatic ring is 1. The van der Waals surface area contributed by atoms with E-state index >= 15 is 0 Å². The Bertz CT molecular complexity index is 508. The highest BCUT2D eigenvalue weighted by Crippen LogP contribution is 2.38. The Morgan fingerprint density at radius 3 is 2.35 bits per heavy atom. The fourth-order valence-electron chi connectivity index (χ4n) is 1.45. The first-order chi connectivity index (χ1) is 8.22. The molecule has 0 aliphatic heterocycles. The van der Waals surface area contributed by atoms with E-state index in [1.54, 1.807) is 31.4 Å². The average molecular weight is 250 g/mol. The fraction of sp³-hybridized carbons (Fsp3) is 0.0769. The number of hydrogen-bond donors (Lipinski definition) is 1. The zero-order valence-corrected chi connectivity index (χ0v) is 10.1. The number of methoxy groups -OCH3 is 1. The van der Waals surface area contributed by atoms with E-state index in [2.05, 4.69) is 0 Å². The Labute approximate surface area is 105 Å². The monoisotopic (exact) mass is 249 g/mol. The van der Waals surface area contributed by atoms with Crippen molar-refractivity contribution in [3.05, 3.63) is 47.5 Å². The van der Waals surface area contributed by atoms with Gasteiger partial charge in [0.2, 0.25) is 0 Å². The molecule has 0 aromatic heterocycles. The molecule has 88 valence electrons. The summed E-state index contributed by atoms with van der Waals surface area (Å²) < 4.78 is 10.9. The zero-order valence-electron chi connectivity index (χ0n) is 9.31. The summed E-state index contributed by atoms with van der Waals surface area (Å²) in [7, 11) is 1.58. The third-order valence-electron chi connectivity index (χ3n) is 2.28. The van der Waals surface area contributed by atoms with Gasteiger partial charge in [-0.15, -0.1) is 0 Å². The lowest BCUT2D eigenvalue weighted by Gasteiger charge is -2.12. The molecule has 2 rings (SSSR count). The fourth-order valence-corrected chi connectivity index (χ4v) is 1.67. The summed E-state index contributed by atoms with van der Waals surface area (Å²) in [6, 6.07) is 12.5. The molecule has 0 heterocycles.